The maximum Gasteiger partial charge on any atom is 0.0638 e. The monoisotopic (exact) mass is 195 g/mol. The van der Waals surface area contributed by atoms with E-state index in [2.05, 4.69) is 37.2 Å². The highest BCUT2D eigenvalue weighted by molar-refractivity contribution is 4.90. The second-order valence-corrected chi connectivity index (χ2v) is 4.27. The number of nitriles is 1. The molecule has 1 N–H and O–H groups in total. The lowest BCUT2D eigenvalue weighted by Gasteiger charge is -2.32. The minimum absolute atomic E-state index is 0.374. The number of hydrogen-bond acceptors (Lipinski definition) is 3. The zero-order chi connectivity index (χ0) is 10.6. The fourth-order valence-corrected chi connectivity index (χ4v) is 2.22. The molecule has 3 nitrogen and oxygen atoms in total. The van der Waals surface area contributed by atoms with Gasteiger partial charge < -0.3 is 5.32 Å². The van der Waals surface area contributed by atoms with E-state index in [1.54, 1.807) is 0 Å². The van der Waals surface area contributed by atoms with Crippen LogP contribution in [0.25, 0.3) is 0 Å². The third-order valence-corrected chi connectivity index (χ3v) is 3.43. The molecule has 0 aromatic carbocycles. The van der Waals surface area contributed by atoms with Gasteiger partial charge in [0.1, 0.15) is 0 Å². The van der Waals surface area contributed by atoms with Crippen molar-refractivity contribution in [2.75, 3.05) is 20.1 Å². The van der Waals surface area contributed by atoms with Crippen molar-refractivity contribution in [1.29, 1.82) is 5.26 Å². The smallest absolute Gasteiger partial charge is 0.0638 e. The first-order chi connectivity index (χ1) is 6.70. The van der Waals surface area contributed by atoms with E-state index in [1.165, 1.54) is 6.42 Å². The number of hydrogen-bond donors (Lipinski definition) is 1. The van der Waals surface area contributed by atoms with Crippen LogP contribution in [0.4, 0.5) is 0 Å². The summed E-state index contributed by atoms with van der Waals surface area (Å²) < 4.78 is 0. The second-order valence-electron chi connectivity index (χ2n) is 4.27. The fraction of sp³-hybridized carbons (Fsp3) is 0.909. The van der Waals surface area contributed by atoms with Gasteiger partial charge in [-0.1, -0.05) is 13.3 Å². The van der Waals surface area contributed by atoms with Crippen LogP contribution in [0.1, 0.15) is 26.7 Å². The molecule has 1 saturated heterocycles. The first-order valence-corrected chi connectivity index (χ1v) is 5.50. The van der Waals surface area contributed by atoms with Crippen molar-refractivity contribution in [3.63, 3.8) is 0 Å². The van der Waals surface area contributed by atoms with Gasteiger partial charge in [-0.3, -0.25) is 4.90 Å². The van der Waals surface area contributed by atoms with Gasteiger partial charge in [0, 0.05) is 18.6 Å². The van der Waals surface area contributed by atoms with Crippen molar-refractivity contribution < 1.29 is 0 Å². The highest BCUT2D eigenvalue weighted by atomic mass is 15.2. The molecule has 0 saturated carbocycles. The van der Waals surface area contributed by atoms with Gasteiger partial charge in [-0.05, 0) is 26.4 Å². The predicted molar refractivity (Wildman–Crippen MR) is 57.9 cm³/mol. The third-order valence-electron chi connectivity index (χ3n) is 3.43. The number of likely N-dealkylation sites (N-methyl/N-ethyl adjacent to an activating group) is 1. The van der Waals surface area contributed by atoms with E-state index >= 15 is 0 Å². The lowest BCUT2D eigenvalue weighted by atomic mass is 9.98. The zero-order valence-corrected chi connectivity index (χ0v) is 9.45. The summed E-state index contributed by atoms with van der Waals surface area (Å²) >= 11 is 0. The quantitative estimate of drug-likeness (QED) is 0.733. The van der Waals surface area contributed by atoms with Crippen LogP contribution in [0.15, 0.2) is 0 Å². The molecule has 1 aliphatic heterocycles. The lowest BCUT2D eigenvalue weighted by molar-refractivity contribution is 0.160. The molecular weight excluding hydrogens is 174 g/mol. The fourth-order valence-electron chi connectivity index (χ4n) is 2.22. The Labute approximate surface area is 87.1 Å². The Hall–Kier alpha value is -0.590. The molecule has 0 aromatic heterocycles. The summed E-state index contributed by atoms with van der Waals surface area (Å²) in [5.74, 6) is 0.751. The lowest BCUT2D eigenvalue weighted by Crippen LogP contribution is -2.43. The molecule has 1 fully saturated rings. The number of nitrogens with zero attached hydrogens (tertiary/aromatic N) is 2. The molecule has 0 bridgehead atoms. The average Bonchev–Trinajstić information content (AvgIpc) is 2.64. The molecule has 14 heavy (non-hydrogen) atoms. The van der Waals surface area contributed by atoms with Gasteiger partial charge in [0.2, 0.25) is 0 Å². The molecule has 1 rings (SSSR count). The molecule has 3 atom stereocenters. The van der Waals surface area contributed by atoms with Crippen LogP contribution in [-0.2, 0) is 0 Å². The van der Waals surface area contributed by atoms with Gasteiger partial charge in [0.25, 0.3) is 0 Å². The molecule has 0 aromatic rings. The molecule has 3 heteroatoms. The van der Waals surface area contributed by atoms with Gasteiger partial charge in [-0.15, -0.1) is 0 Å². The highest BCUT2D eigenvalue weighted by Gasteiger charge is 2.30. The minimum Gasteiger partial charge on any atom is -0.315 e. The molecule has 0 radical (unpaired) electrons. The largest absolute Gasteiger partial charge is 0.315 e. The molecule has 1 aliphatic rings. The second kappa shape index (κ2) is 5.33. The van der Waals surface area contributed by atoms with Crippen LogP contribution in [0.3, 0.4) is 0 Å². The van der Waals surface area contributed by atoms with E-state index in [4.69, 9.17) is 5.26 Å². The molecule has 80 valence electrons. The maximum absolute atomic E-state index is 8.66. The van der Waals surface area contributed by atoms with Gasteiger partial charge in [-0.25, -0.2) is 0 Å². The highest BCUT2D eigenvalue weighted by Crippen LogP contribution is 2.20. The standard InChI is InChI=1S/C11H21N3/c1-4-10-7-13-8-11(10)14(3)9(2)5-6-12/h9-11,13H,4-5,7-8H2,1-3H3. The third kappa shape index (κ3) is 2.46. The summed E-state index contributed by atoms with van der Waals surface area (Å²) in [6.07, 6.45) is 1.85. The number of nitrogens with one attached hydrogen (secondary N) is 1. The predicted octanol–water partition coefficient (Wildman–Crippen LogP) is 1.22. The van der Waals surface area contributed by atoms with E-state index in [0.717, 1.165) is 19.0 Å². The Morgan fingerprint density at radius 1 is 1.57 bits per heavy atom. The van der Waals surface area contributed by atoms with Crippen molar-refractivity contribution in [1.82, 2.24) is 10.2 Å². The van der Waals surface area contributed by atoms with Gasteiger partial charge >= 0.3 is 0 Å². The summed E-state index contributed by atoms with van der Waals surface area (Å²) in [5.41, 5.74) is 0. The molecule has 0 spiro atoms. The first-order valence-electron chi connectivity index (χ1n) is 5.50. The molecule has 0 aliphatic carbocycles. The zero-order valence-electron chi connectivity index (χ0n) is 9.45. The van der Waals surface area contributed by atoms with Gasteiger partial charge in [-0.2, -0.15) is 5.26 Å². The van der Waals surface area contributed by atoms with E-state index in [1.807, 2.05) is 0 Å². The molecule has 1 heterocycles. The van der Waals surface area contributed by atoms with Crippen LogP contribution < -0.4 is 5.32 Å². The summed E-state index contributed by atoms with van der Waals surface area (Å²) in [5, 5.41) is 12.1. The Morgan fingerprint density at radius 3 is 2.86 bits per heavy atom. The van der Waals surface area contributed by atoms with Crippen molar-refractivity contribution in [3.8, 4) is 6.07 Å². The van der Waals surface area contributed by atoms with Crippen LogP contribution in [0.5, 0.6) is 0 Å². The van der Waals surface area contributed by atoms with Crippen LogP contribution in [-0.4, -0.2) is 37.1 Å². The minimum atomic E-state index is 0.374. The first kappa shape index (κ1) is 11.5. The van der Waals surface area contributed by atoms with E-state index in [9.17, 15) is 0 Å². The van der Waals surface area contributed by atoms with Crippen molar-refractivity contribution in [3.05, 3.63) is 0 Å². The van der Waals surface area contributed by atoms with Crippen LogP contribution >= 0.6 is 0 Å². The van der Waals surface area contributed by atoms with E-state index in [0.29, 0.717) is 18.5 Å². The summed E-state index contributed by atoms with van der Waals surface area (Å²) in [6, 6.07) is 3.23. The van der Waals surface area contributed by atoms with E-state index < -0.39 is 0 Å². The Bertz CT molecular complexity index is 209. The molecule has 3 unspecified atom stereocenters. The Morgan fingerprint density at radius 2 is 2.29 bits per heavy atom. The molecular formula is C11H21N3. The van der Waals surface area contributed by atoms with Crippen molar-refractivity contribution in [2.24, 2.45) is 5.92 Å². The summed E-state index contributed by atoms with van der Waals surface area (Å²) in [6.45, 7) is 6.58. The van der Waals surface area contributed by atoms with Crippen LogP contribution in [0.2, 0.25) is 0 Å². The van der Waals surface area contributed by atoms with Crippen LogP contribution in [0, 0.1) is 17.2 Å². The van der Waals surface area contributed by atoms with Crippen molar-refractivity contribution >= 4 is 0 Å². The Kier molecular flexibility index (Phi) is 4.37. The normalized spacial score (nSPS) is 29.1. The average molecular weight is 195 g/mol. The number of rotatable bonds is 4. The van der Waals surface area contributed by atoms with Crippen molar-refractivity contribution in [2.45, 2.75) is 38.8 Å². The topological polar surface area (TPSA) is 39.1 Å². The van der Waals surface area contributed by atoms with Gasteiger partial charge in [0.05, 0.1) is 12.5 Å². The summed E-state index contributed by atoms with van der Waals surface area (Å²) in [4.78, 5) is 2.36. The SMILES string of the molecule is CCC1CNCC1N(C)C(C)CC#N. The van der Waals surface area contributed by atoms with Gasteiger partial charge in [0.15, 0.2) is 0 Å². The maximum atomic E-state index is 8.66. The Balaban J connectivity index is 2.50. The summed E-state index contributed by atoms with van der Waals surface area (Å²) in [7, 11) is 2.14. The molecule has 0 amide bonds. The van der Waals surface area contributed by atoms with E-state index in [-0.39, 0.29) is 0 Å².